The lowest BCUT2D eigenvalue weighted by atomic mass is 9.68. The molecule has 4 rings (SSSR count). The lowest BCUT2D eigenvalue weighted by Gasteiger charge is -2.48. The minimum absolute atomic E-state index is 0.0491. The first-order valence-corrected chi connectivity index (χ1v) is 13.5. The second kappa shape index (κ2) is 11.6. The summed E-state index contributed by atoms with van der Waals surface area (Å²) in [6.45, 7) is 7.39. The third-order valence-electron chi connectivity index (χ3n) is 6.68. The van der Waals surface area contributed by atoms with Crippen LogP contribution in [0.5, 0.6) is 0 Å². The van der Waals surface area contributed by atoms with Crippen LogP contribution in [0.4, 0.5) is 10.8 Å². The van der Waals surface area contributed by atoms with Crippen molar-refractivity contribution < 1.29 is 24.0 Å². The maximum Gasteiger partial charge on any atom is 0.336 e. The first-order valence-electron chi connectivity index (χ1n) is 12.6. The lowest BCUT2D eigenvalue weighted by Crippen LogP contribution is -2.66. The van der Waals surface area contributed by atoms with Crippen molar-refractivity contribution in [3.63, 3.8) is 0 Å². The quantitative estimate of drug-likeness (QED) is 0.213. The van der Waals surface area contributed by atoms with Crippen LogP contribution in [0.3, 0.4) is 0 Å². The van der Waals surface area contributed by atoms with Crippen molar-refractivity contribution in [1.29, 1.82) is 0 Å². The van der Waals surface area contributed by atoms with Gasteiger partial charge in [-0.25, -0.2) is 14.6 Å². The summed E-state index contributed by atoms with van der Waals surface area (Å²) in [4.78, 5) is 42.8. The Labute approximate surface area is 230 Å². The predicted molar refractivity (Wildman–Crippen MR) is 148 cm³/mol. The number of hydrogen-bond acceptors (Lipinski definition) is 10. The van der Waals surface area contributed by atoms with Gasteiger partial charge in [0.25, 0.3) is 5.69 Å². The number of hydrogen-bond donors (Lipinski definition) is 2. The first kappa shape index (κ1) is 27.8. The van der Waals surface area contributed by atoms with E-state index in [0.717, 1.165) is 5.56 Å². The van der Waals surface area contributed by atoms with Gasteiger partial charge in [-0.15, -0.1) is 11.3 Å². The Hall–Kier alpha value is -4.25. The maximum atomic E-state index is 14.0. The van der Waals surface area contributed by atoms with E-state index in [0.29, 0.717) is 27.7 Å². The van der Waals surface area contributed by atoms with E-state index in [2.05, 4.69) is 15.6 Å². The number of benzene rings is 2. The van der Waals surface area contributed by atoms with Gasteiger partial charge < -0.3 is 20.1 Å². The molecule has 0 amide bonds. The summed E-state index contributed by atoms with van der Waals surface area (Å²) >= 11 is 1.25. The Bertz CT molecular complexity index is 1410. The molecule has 2 heterocycles. The third kappa shape index (κ3) is 5.35. The summed E-state index contributed by atoms with van der Waals surface area (Å²) in [6, 6.07) is 14.9. The molecule has 1 aromatic heterocycles. The molecule has 0 spiro atoms. The number of anilines is 1. The van der Waals surface area contributed by atoms with E-state index >= 15 is 0 Å². The number of carbonyl (C=O) groups excluding carboxylic acids is 2. The molecule has 1 aliphatic heterocycles. The Morgan fingerprint density at radius 2 is 1.85 bits per heavy atom. The van der Waals surface area contributed by atoms with Gasteiger partial charge in [0, 0.05) is 28.8 Å². The van der Waals surface area contributed by atoms with Crippen molar-refractivity contribution in [2.45, 2.75) is 45.2 Å². The summed E-state index contributed by atoms with van der Waals surface area (Å²) in [5, 5.41) is 20.1. The first-order chi connectivity index (χ1) is 18.7. The molecular formula is C28H30N4O6S. The molecule has 2 N–H and O–H groups in total. The molecule has 10 nitrogen and oxygen atoms in total. The molecule has 0 bridgehead atoms. The molecule has 3 aromatic rings. The molecular weight excluding hydrogens is 520 g/mol. The van der Waals surface area contributed by atoms with Crippen molar-refractivity contribution in [2.75, 3.05) is 18.5 Å². The van der Waals surface area contributed by atoms with Crippen LogP contribution in [-0.2, 0) is 19.1 Å². The molecule has 204 valence electrons. The zero-order valence-electron chi connectivity index (χ0n) is 22.1. The third-order valence-corrected chi connectivity index (χ3v) is 7.43. The number of esters is 2. The lowest BCUT2D eigenvalue weighted by molar-refractivity contribution is -0.384. The molecule has 0 saturated heterocycles. The Morgan fingerprint density at radius 3 is 2.51 bits per heavy atom. The highest BCUT2D eigenvalue weighted by molar-refractivity contribution is 7.14. The number of nitrogens with one attached hydrogen (secondary N) is 2. The van der Waals surface area contributed by atoms with Gasteiger partial charge in [0.2, 0.25) is 0 Å². The molecule has 0 fully saturated rings. The molecule has 0 saturated carbocycles. The fraction of sp³-hybridized carbons (Fsp3) is 0.321. The Balaban J connectivity index is 1.87. The maximum absolute atomic E-state index is 14.0. The molecule has 0 aliphatic carbocycles. The van der Waals surface area contributed by atoms with Crippen molar-refractivity contribution in [2.24, 2.45) is 0 Å². The smallest absolute Gasteiger partial charge is 0.336 e. The summed E-state index contributed by atoms with van der Waals surface area (Å²) in [7, 11) is 0. The van der Waals surface area contributed by atoms with E-state index in [4.69, 9.17) is 9.47 Å². The van der Waals surface area contributed by atoms with Crippen LogP contribution in [-0.4, -0.2) is 46.6 Å². The Kier molecular flexibility index (Phi) is 8.29. The van der Waals surface area contributed by atoms with Crippen molar-refractivity contribution in [3.05, 3.63) is 86.9 Å². The van der Waals surface area contributed by atoms with E-state index in [1.54, 1.807) is 38.3 Å². The molecule has 3 unspecified atom stereocenters. The number of allylic oxidation sites excluding steroid dienone is 1. The normalized spacial score (nSPS) is 20.6. The van der Waals surface area contributed by atoms with E-state index < -0.39 is 34.4 Å². The minimum atomic E-state index is -1.49. The van der Waals surface area contributed by atoms with Crippen molar-refractivity contribution >= 4 is 34.1 Å². The molecule has 0 radical (unpaired) electrons. The number of ether oxygens (including phenoxy) is 2. The number of rotatable bonds is 9. The van der Waals surface area contributed by atoms with Crippen LogP contribution >= 0.6 is 11.3 Å². The molecule has 3 atom stereocenters. The summed E-state index contributed by atoms with van der Waals surface area (Å²) < 4.78 is 11.1. The van der Waals surface area contributed by atoms with Crippen LogP contribution < -0.4 is 10.6 Å². The van der Waals surface area contributed by atoms with Crippen LogP contribution in [0.25, 0.3) is 11.3 Å². The minimum Gasteiger partial charge on any atom is -0.464 e. The van der Waals surface area contributed by atoms with Crippen molar-refractivity contribution in [1.82, 2.24) is 10.3 Å². The highest BCUT2D eigenvalue weighted by atomic mass is 32.1. The van der Waals surface area contributed by atoms with Crippen LogP contribution in [0.1, 0.15) is 39.2 Å². The van der Waals surface area contributed by atoms with Gasteiger partial charge in [-0.3, -0.25) is 10.1 Å². The fourth-order valence-electron chi connectivity index (χ4n) is 4.96. The molecule has 39 heavy (non-hydrogen) atoms. The van der Waals surface area contributed by atoms with Gasteiger partial charge in [-0.1, -0.05) is 42.5 Å². The van der Waals surface area contributed by atoms with Gasteiger partial charge in [0.05, 0.1) is 41.4 Å². The van der Waals surface area contributed by atoms with Gasteiger partial charge in [-0.2, -0.15) is 0 Å². The monoisotopic (exact) mass is 550 g/mol. The summed E-state index contributed by atoms with van der Waals surface area (Å²) in [6.07, 6.45) is 0. The van der Waals surface area contributed by atoms with E-state index in [1.807, 2.05) is 37.3 Å². The van der Waals surface area contributed by atoms with Crippen LogP contribution in [0.15, 0.2) is 71.2 Å². The predicted octanol–water partition coefficient (Wildman–Crippen LogP) is 5.04. The number of thiazole rings is 1. The van der Waals surface area contributed by atoms with Gasteiger partial charge in [0.1, 0.15) is 0 Å². The second-order valence-corrected chi connectivity index (χ2v) is 9.89. The Morgan fingerprint density at radius 1 is 1.13 bits per heavy atom. The van der Waals surface area contributed by atoms with Crippen LogP contribution in [0, 0.1) is 10.1 Å². The number of non-ortho nitro benzene ring substituents is 1. The number of nitrogens with zero attached hydrogens (tertiary/aromatic N) is 2. The molecule has 11 heteroatoms. The zero-order valence-corrected chi connectivity index (χ0v) is 22.9. The summed E-state index contributed by atoms with van der Waals surface area (Å²) in [5.41, 5.74) is 1.18. The highest BCUT2D eigenvalue weighted by Crippen LogP contribution is 2.45. The fourth-order valence-corrected chi connectivity index (χ4v) is 5.75. The SMILES string of the molecule is CCOC(=O)C1=C(C)NC(C)C(Nc2nc(-c3cccc([N+](=O)[O-])c3)cs2)(C(=O)OCC)C1c1ccccc1. The average Bonchev–Trinajstić information content (AvgIpc) is 3.39. The van der Waals surface area contributed by atoms with Crippen LogP contribution in [0.2, 0.25) is 0 Å². The van der Waals surface area contributed by atoms with E-state index in [1.165, 1.54) is 23.5 Å². The van der Waals surface area contributed by atoms with Gasteiger partial charge >= 0.3 is 11.9 Å². The number of nitro groups is 1. The van der Waals surface area contributed by atoms with Gasteiger partial charge in [0.15, 0.2) is 10.7 Å². The van der Waals surface area contributed by atoms with E-state index in [-0.39, 0.29) is 18.9 Å². The standard InChI is InChI=1S/C28H30N4O6S/c1-5-37-25(33)23-17(3)29-18(4)28(26(34)38-6-2,24(23)19-11-8-7-9-12-19)31-27-30-22(16-39-27)20-13-10-14-21(15-20)32(35)36/h7-16,18,24,29H,5-6H2,1-4H3,(H,30,31). The van der Waals surface area contributed by atoms with Crippen molar-refractivity contribution in [3.8, 4) is 11.3 Å². The molecule has 2 aromatic carbocycles. The largest absolute Gasteiger partial charge is 0.464 e. The highest BCUT2D eigenvalue weighted by Gasteiger charge is 2.58. The topological polar surface area (TPSA) is 133 Å². The molecule has 1 aliphatic rings. The summed E-state index contributed by atoms with van der Waals surface area (Å²) in [5.74, 6) is -1.87. The second-order valence-electron chi connectivity index (χ2n) is 9.03. The number of nitro benzene ring substituents is 1. The van der Waals surface area contributed by atoms with Gasteiger partial charge in [-0.05, 0) is 33.3 Å². The number of aromatic nitrogens is 1. The number of carbonyl (C=O) groups is 2. The van der Waals surface area contributed by atoms with E-state index in [9.17, 15) is 19.7 Å². The zero-order chi connectivity index (χ0) is 28.2. The average molecular weight is 551 g/mol.